The molecule has 0 saturated carbocycles. The predicted molar refractivity (Wildman–Crippen MR) is 85.6 cm³/mol. The predicted octanol–water partition coefficient (Wildman–Crippen LogP) is 1.38. The van der Waals surface area contributed by atoms with E-state index in [1.807, 2.05) is 0 Å². The Balaban J connectivity index is 2.38. The van der Waals surface area contributed by atoms with E-state index in [9.17, 15) is 14.4 Å². The largest absolute Gasteiger partial charge is 0.394 e. The van der Waals surface area contributed by atoms with Gasteiger partial charge in [-0.05, 0) is 30.7 Å². The fourth-order valence-electron chi connectivity index (χ4n) is 2.30. The highest BCUT2D eigenvalue weighted by atomic mass is 35.5. The number of halogens is 1. The van der Waals surface area contributed by atoms with Gasteiger partial charge in [-0.25, -0.2) is 9.69 Å². The summed E-state index contributed by atoms with van der Waals surface area (Å²) >= 11 is 5.80. The number of carbonyl (C=O) groups is 3. The summed E-state index contributed by atoms with van der Waals surface area (Å²) in [6.07, 6.45) is 0.354. The summed E-state index contributed by atoms with van der Waals surface area (Å²) in [5, 5.41) is 11.5. The van der Waals surface area contributed by atoms with E-state index < -0.39 is 23.8 Å². The van der Waals surface area contributed by atoms with Crippen LogP contribution in [0.4, 0.5) is 10.5 Å². The number of aliphatic hydroxyl groups excluding tert-OH is 1. The van der Waals surface area contributed by atoms with Gasteiger partial charge in [0.1, 0.15) is 0 Å². The Hall–Kier alpha value is -2.25. The first kappa shape index (κ1) is 17.1. The lowest BCUT2D eigenvalue weighted by Crippen LogP contribution is -2.60. The Labute approximate surface area is 137 Å². The molecule has 4 amide bonds. The zero-order chi connectivity index (χ0) is 17.0. The van der Waals surface area contributed by atoms with Crippen molar-refractivity contribution in [2.75, 3.05) is 18.1 Å². The van der Waals surface area contributed by atoms with Gasteiger partial charge >= 0.3 is 6.03 Å². The number of barbiturate groups is 1. The van der Waals surface area contributed by atoms with Crippen LogP contribution >= 0.6 is 11.6 Å². The quantitative estimate of drug-likeness (QED) is 0.626. The van der Waals surface area contributed by atoms with Crippen LogP contribution in [0.3, 0.4) is 0 Å². The van der Waals surface area contributed by atoms with E-state index in [2.05, 4.69) is 10.3 Å². The normalized spacial score (nSPS) is 19.1. The van der Waals surface area contributed by atoms with Crippen LogP contribution in [0, 0.1) is 5.92 Å². The fourth-order valence-corrected chi connectivity index (χ4v) is 2.43. The van der Waals surface area contributed by atoms with Gasteiger partial charge in [0.2, 0.25) is 5.91 Å². The van der Waals surface area contributed by atoms with Crippen molar-refractivity contribution < 1.29 is 19.5 Å². The summed E-state index contributed by atoms with van der Waals surface area (Å²) in [5.41, 5.74) is 0.639. The number of hydrogen-bond acceptors (Lipinski definition) is 5. The van der Waals surface area contributed by atoms with Crippen molar-refractivity contribution in [3.8, 4) is 0 Å². The first-order valence-corrected chi connectivity index (χ1v) is 7.45. The molecule has 0 aliphatic carbocycles. The molecule has 7 nitrogen and oxygen atoms in total. The maximum Gasteiger partial charge on any atom is 0.335 e. The molecule has 1 aromatic carbocycles. The van der Waals surface area contributed by atoms with E-state index in [4.69, 9.17) is 16.7 Å². The number of benzene rings is 1. The van der Waals surface area contributed by atoms with Crippen LogP contribution < -0.4 is 10.2 Å². The van der Waals surface area contributed by atoms with Gasteiger partial charge in [0.05, 0.1) is 18.8 Å². The highest BCUT2D eigenvalue weighted by Gasteiger charge is 2.43. The number of hydrogen-bond donors (Lipinski definition) is 2. The topological polar surface area (TPSA) is 99.1 Å². The highest BCUT2D eigenvalue weighted by Crippen LogP contribution is 2.23. The van der Waals surface area contributed by atoms with Gasteiger partial charge in [-0.15, -0.1) is 0 Å². The molecule has 1 heterocycles. The number of anilines is 1. The van der Waals surface area contributed by atoms with Crippen molar-refractivity contribution in [3.63, 3.8) is 0 Å². The van der Waals surface area contributed by atoms with Crippen molar-refractivity contribution in [1.82, 2.24) is 5.32 Å². The van der Waals surface area contributed by atoms with Crippen LogP contribution in [0.25, 0.3) is 0 Å². The lowest BCUT2D eigenvalue weighted by atomic mass is 9.96. The second kappa shape index (κ2) is 7.34. The molecule has 2 rings (SSSR count). The molecule has 1 atom stereocenters. The summed E-state index contributed by atoms with van der Waals surface area (Å²) in [4.78, 5) is 41.7. The third kappa shape index (κ3) is 3.57. The van der Waals surface area contributed by atoms with Crippen molar-refractivity contribution >= 4 is 40.8 Å². The van der Waals surface area contributed by atoms with E-state index in [0.717, 1.165) is 4.90 Å². The molecule has 23 heavy (non-hydrogen) atoms. The maximum absolute atomic E-state index is 12.7. The van der Waals surface area contributed by atoms with E-state index in [1.165, 1.54) is 12.1 Å². The maximum atomic E-state index is 12.7. The number of nitrogens with one attached hydrogen (secondary N) is 1. The van der Waals surface area contributed by atoms with Gasteiger partial charge < -0.3 is 5.11 Å². The molecular weight excluding hydrogens is 322 g/mol. The Morgan fingerprint density at radius 1 is 1.30 bits per heavy atom. The SMILES string of the molecule is CCC(=NCCO)C1C(=O)NC(=O)N(c2ccc(Cl)cc2)C1=O. The number of rotatable bonds is 5. The van der Waals surface area contributed by atoms with Crippen LogP contribution in [0.15, 0.2) is 29.3 Å². The Morgan fingerprint density at radius 3 is 2.52 bits per heavy atom. The third-order valence-corrected chi connectivity index (χ3v) is 3.61. The van der Waals surface area contributed by atoms with E-state index in [1.54, 1.807) is 19.1 Å². The van der Waals surface area contributed by atoms with Crippen LogP contribution in [0.2, 0.25) is 5.02 Å². The molecule has 0 aromatic heterocycles. The van der Waals surface area contributed by atoms with Crippen molar-refractivity contribution in [2.45, 2.75) is 13.3 Å². The minimum Gasteiger partial charge on any atom is -0.394 e. The average molecular weight is 338 g/mol. The average Bonchev–Trinajstić information content (AvgIpc) is 2.52. The number of imide groups is 2. The zero-order valence-electron chi connectivity index (χ0n) is 12.5. The zero-order valence-corrected chi connectivity index (χ0v) is 13.2. The molecule has 1 fully saturated rings. The fraction of sp³-hybridized carbons (Fsp3) is 0.333. The molecule has 0 bridgehead atoms. The molecule has 1 aliphatic rings. The van der Waals surface area contributed by atoms with Crippen LogP contribution in [0.1, 0.15) is 13.3 Å². The standard InChI is InChI=1S/C15H16ClN3O4/c1-2-11(17-7-8-20)12-13(21)18-15(23)19(14(12)22)10-5-3-9(16)4-6-10/h3-6,12,20H,2,7-8H2,1H3,(H,18,21,23). The molecule has 0 radical (unpaired) electrons. The first-order valence-electron chi connectivity index (χ1n) is 7.08. The van der Waals surface area contributed by atoms with Gasteiger partial charge in [0.25, 0.3) is 5.91 Å². The summed E-state index contributed by atoms with van der Waals surface area (Å²) < 4.78 is 0. The Morgan fingerprint density at radius 2 is 1.96 bits per heavy atom. The highest BCUT2D eigenvalue weighted by molar-refractivity contribution is 6.35. The minimum absolute atomic E-state index is 0.0924. The number of nitrogens with zero attached hydrogens (tertiary/aromatic N) is 2. The van der Waals surface area contributed by atoms with Crippen LogP contribution in [-0.2, 0) is 9.59 Å². The lowest BCUT2D eigenvalue weighted by Gasteiger charge is -2.30. The van der Waals surface area contributed by atoms with E-state index in [-0.39, 0.29) is 13.2 Å². The number of carbonyl (C=O) groups excluding carboxylic acids is 3. The summed E-state index contributed by atoms with van der Waals surface area (Å²) in [6.45, 7) is 1.65. The molecule has 1 aliphatic heterocycles. The van der Waals surface area contributed by atoms with E-state index >= 15 is 0 Å². The third-order valence-electron chi connectivity index (χ3n) is 3.36. The molecular formula is C15H16ClN3O4. The monoisotopic (exact) mass is 337 g/mol. The summed E-state index contributed by atoms with van der Waals surface area (Å²) in [7, 11) is 0. The van der Waals surface area contributed by atoms with Gasteiger partial charge in [0.15, 0.2) is 5.92 Å². The summed E-state index contributed by atoms with van der Waals surface area (Å²) in [5.74, 6) is -2.55. The summed E-state index contributed by atoms with van der Waals surface area (Å²) in [6, 6.07) is 5.32. The minimum atomic E-state index is -1.18. The van der Waals surface area contributed by atoms with Crippen molar-refractivity contribution in [2.24, 2.45) is 10.9 Å². The Kier molecular flexibility index (Phi) is 5.46. The molecule has 1 aromatic rings. The van der Waals surface area contributed by atoms with Gasteiger partial charge in [0, 0.05) is 10.7 Å². The van der Waals surface area contributed by atoms with E-state index in [0.29, 0.717) is 22.8 Å². The van der Waals surface area contributed by atoms with Crippen molar-refractivity contribution in [1.29, 1.82) is 0 Å². The van der Waals surface area contributed by atoms with Crippen LogP contribution in [-0.4, -0.2) is 41.8 Å². The number of aliphatic hydroxyl groups is 1. The van der Waals surface area contributed by atoms with Gasteiger partial charge in [-0.2, -0.15) is 0 Å². The van der Waals surface area contributed by atoms with Gasteiger partial charge in [-0.1, -0.05) is 18.5 Å². The number of aliphatic imine (C=N–C) groups is 1. The lowest BCUT2D eigenvalue weighted by molar-refractivity contribution is -0.131. The molecule has 0 spiro atoms. The molecule has 122 valence electrons. The molecule has 2 N–H and O–H groups in total. The van der Waals surface area contributed by atoms with Crippen LogP contribution in [0.5, 0.6) is 0 Å². The van der Waals surface area contributed by atoms with Crippen molar-refractivity contribution in [3.05, 3.63) is 29.3 Å². The second-order valence-electron chi connectivity index (χ2n) is 4.83. The second-order valence-corrected chi connectivity index (χ2v) is 5.26. The molecule has 1 saturated heterocycles. The number of amides is 4. The Bertz CT molecular complexity index is 657. The molecule has 8 heteroatoms. The number of urea groups is 1. The van der Waals surface area contributed by atoms with Gasteiger partial charge in [-0.3, -0.25) is 19.9 Å². The first-order chi connectivity index (χ1) is 11.0. The molecule has 1 unspecified atom stereocenters. The smallest absolute Gasteiger partial charge is 0.335 e.